The fourth-order valence-electron chi connectivity index (χ4n) is 1.47. The molecule has 2 aromatic heterocycles. The van der Waals surface area contributed by atoms with Gasteiger partial charge in [0.2, 0.25) is 0 Å². The van der Waals surface area contributed by atoms with Gasteiger partial charge in [-0.05, 0) is 13.0 Å². The second-order valence-electron chi connectivity index (χ2n) is 4.05. The Hall–Kier alpha value is -2.44. The first kappa shape index (κ1) is 12.0. The molecule has 2 rings (SSSR count). The first-order valence-corrected chi connectivity index (χ1v) is 5.35. The van der Waals surface area contributed by atoms with E-state index in [0.29, 0.717) is 17.3 Å². The van der Waals surface area contributed by atoms with E-state index < -0.39 is 0 Å². The summed E-state index contributed by atoms with van der Waals surface area (Å²) in [6.07, 6.45) is 3.04. The van der Waals surface area contributed by atoms with Gasteiger partial charge in [0.05, 0.1) is 0 Å². The van der Waals surface area contributed by atoms with Crippen molar-refractivity contribution in [2.75, 3.05) is 19.8 Å². The number of amides is 1. The topological polar surface area (TPSA) is 89.9 Å². The molecule has 2 heterocycles. The number of carbonyl (C=O) groups is 1. The average Bonchev–Trinajstić information content (AvgIpc) is 2.80. The summed E-state index contributed by atoms with van der Waals surface area (Å²) >= 11 is 0. The Bertz CT molecular complexity index is 589. The quantitative estimate of drug-likeness (QED) is 0.820. The molecule has 0 aliphatic carbocycles. The molecular weight excluding hydrogens is 232 g/mol. The predicted molar refractivity (Wildman–Crippen MR) is 66.3 cm³/mol. The molecule has 0 bridgehead atoms. The van der Waals surface area contributed by atoms with E-state index in [1.54, 1.807) is 33.3 Å². The molecule has 7 nitrogen and oxygen atoms in total. The van der Waals surface area contributed by atoms with Crippen molar-refractivity contribution >= 4 is 11.7 Å². The maximum atomic E-state index is 11.7. The van der Waals surface area contributed by atoms with Crippen LogP contribution in [0.15, 0.2) is 18.6 Å². The normalized spacial score (nSPS) is 10.4. The molecule has 0 atom stereocenters. The molecule has 0 radical (unpaired) electrons. The van der Waals surface area contributed by atoms with Crippen LogP contribution in [0.25, 0.3) is 5.82 Å². The summed E-state index contributed by atoms with van der Waals surface area (Å²) < 4.78 is 1.52. The van der Waals surface area contributed by atoms with Crippen molar-refractivity contribution < 1.29 is 4.79 Å². The second kappa shape index (κ2) is 4.44. The first-order chi connectivity index (χ1) is 8.50. The third-order valence-corrected chi connectivity index (χ3v) is 2.53. The van der Waals surface area contributed by atoms with Gasteiger partial charge >= 0.3 is 0 Å². The molecule has 0 saturated carbocycles. The molecule has 0 aromatic carbocycles. The fraction of sp³-hybridized carbons (Fsp3) is 0.273. The van der Waals surface area contributed by atoms with Crippen LogP contribution in [-0.2, 0) is 0 Å². The van der Waals surface area contributed by atoms with Crippen molar-refractivity contribution in [2.24, 2.45) is 0 Å². The van der Waals surface area contributed by atoms with Crippen LogP contribution in [0.2, 0.25) is 0 Å². The molecule has 0 aliphatic rings. The standard InChI is InChI=1S/C11H14N6O/c1-7-9(12)13-6-14-10(7)17-5-4-8(15-17)11(18)16(2)3/h4-6H,1-3H3,(H2,12,13,14). The molecule has 0 unspecified atom stereocenters. The summed E-state index contributed by atoms with van der Waals surface area (Å²) in [6.45, 7) is 1.81. The highest BCUT2D eigenvalue weighted by Gasteiger charge is 2.14. The van der Waals surface area contributed by atoms with E-state index in [0.717, 1.165) is 5.56 Å². The smallest absolute Gasteiger partial charge is 0.273 e. The third kappa shape index (κ3) is 2.02. The molecule has 0 fully saturated rings. The minimum absolute atomic E-state index is 0.159. The van der Waals surface area contributed by atoms with Crippen molar-refractivity contribution in [3.8, 4) is 5.82 Å². The van der Waals surface area contributed by atoms with Gasteiger partial charge in [0.15, 0.2) is 11.5 Å². The molecule has 2 aromatic rings. The lowest BCUT2D eigenvalue weighted by molar-refractivity contribution is 0.0821. The van der Waals surface area contributed by atoms with Gasteiger partial charge in [0.25, 0.3) is 5.91 Å². The van der Waals surface area contributed by atoms with Gasteiger partial charge in [-0.3, -0.25) is 4.79 Å². The lowest BCUT2D eigenvalue weighted by Gasteiger charge is -2.08. The molecule has 2 N–H and O–H groups in total. The van der Waals surface area contributed by atoms with Crippen LogP contribution in [0.4, 0.5) is 5.82 Å². The summed E-state index contributed by atoms with van der Waals surface area (Å²) in [5.74, 6) is 0.810. The van der Waals surface area contributed by atoms with Crippen LogP contribution in [0.3, 0.4) is 0 Å². The summed E-state index contributed by atoms with van der Waals surface area (Å²) in [5.41, 5.74) is 6.79. The Labute approximate surface area is 104 Å². The van der Waals surface area contributed by atoms with E-state index in [1.807, 2.05) is 0 Å². The van der Waals surface area contributed by atoms with E-state index in [4.69, 9.17) is 5.73 Å². The van der Waals surface area contributed by atoms with Gasteiger partial charge in [0, 0.05) is 25.9 Å². The molecule has 0 aliphatic heterocycles. The van der Waals surface area contributed by atoms with Gasteiger partial charge in [0.1, 0.15) is 12.1 Å². The van der Waals surface area contributed by atoms with Gasteiger partial charge in [-0.25, -0.2) is 14.6 Å². The Morgan fingerprint density at radius 2 is 2.11 bits per heavy atom. The fourth-order valence-corrected chi connectivity index (χ4v) is 1.47. The molecular formula is C11H14N6O. The number of aromatic nitrogens is 4. The molecule has 18 heavy (non-hydrogen) atoms. The van der Waals surface area contributed by atoms with Gasteiger partial charge in [-0.2, -0.15) is 5.10 Å². The summed E-state index contributed by atoms with van der Waals surface area (Å²) in [6, 6.07) is 1.64. The number of anilines is 1. The Balaban J connectivity index is 2.41. The van der Waals surface area contributed by atoms with E-state index in [9.17, 15) is 4.79 Å². The minimum atomic E-state index is -0.159. The van der Waals surface area contributed by atoms with Gasteiger partial charge in [-0.15, -0.1) is 0 Å². The van der Waals surface area contributed by atoms with E-state index in [1.165, 1.54) is 15.9 Å². The lowest BCUT2D eigenvalue weighted by atomic mass is 10.3. The third-order valence-electron chi connectivity index (χ3n) is 2.53. The number of hydrogen-bond donors (Lipinski definition) is 1. The maximum absolute atomic E-state index is 11.7. The SMILES string of the molecule is Cc1c(N)ncnc1-n1ccc(C(=O)N(C)C)n1. The molecule has 1 amide bonds. The number of nitrogen functional groups attached to an aromatic ring is 1. The van der Waals surface area contributed by atoms with Crippen molar-refractivity contribution in [3.63, 3.8) is 0 Å². The average molecular weight is 246 g/mol. The number of nitrogens with zero attached hydrogens (tertiary/aromatic N) is 5. The second-order valence-corrected chi connectivity index (χ2v) is 4.05. The van der Waals surface area contributed by atoms with Crippen LogP contribution >= 0.6 is 0 Å². The van der Waals surface area contributed by atoms with E-state index in [2.05, 4.69) is 15.1 Å². The largest absolute Gasteiger partial charge is 0.383 e. The highest BCUT2D eigenvalue weighted by molar-refractivity contribution is 5.91. The molecule has 0 saturated heterocycles. The highest BCUT2D eigenvalue weighted by atomic mass is 16.2. The zero-order valence-corrected chi connectivity index (χ0v) is 10.5. The maximum Gasteiger partial charge on any atom is 0.273 e. The van der Waals surface area contributed by atoms with E-state index >= 15 is 0 Å². The van der Waals surface area contributed by atoms with E-state index in [-0.39, 0.29) is 5.91 Å². The van der Waals surface area contributed by atoms with Crippen molar-refractivity contribution in [2.45, 2.75) is 6.92 Å². The summed E-state index contributed by atoms with van der Waals surface area (Å²) in [5, 5.41) is 4.18. The first-order valence-electron chi connectivity index (χ1n) is 5.35. The number of hydrogen-bond acceptors (Lipinski definition) is 5. The van der Waals surface area contributed by atoms with Crippen LogP contribution < -0.4 is 5.73 Å². The number of rotatable bonds is 2. The van der Waals surface area contributed by atoms with Gasteiger partial charge < -0.3 is 10.6 Å². The molecule has 0 spiro atoms. The van der Waals surface area contributed by atoms with Crippen molar-refractivity contribution in [1.82, 2.24) is 24.6 Å². The Kier molecular flexibility index (Phi) is 2.97. The predicted octanol–water partition coefficient (Wildman–Crippen LogP) is 0.255. The lowest BCUT2D eigenvalue weighted by Crippen LogP contribution is -2.22. The zero-order valence-electron chi connectivity index (χ0n) is 10.5. The highest BCUT2D eigenvalue weighted by Crippen LogP contribution is 2.14. The van der Waals surface area contributed by atoms with Crippen LogP contribution in [-0.4, -0.2) is 44.7 Å². The van der Waals surface area contributed by atoms with Crippen molar-refractivity contribution in [1.29, 1.82) is 0 Å². The van der Waals surface area contributed by atoms with Crippen LogP contribution in [0, 0.1) is 6.92 Å². The van der Waals surface area contributed by atoms with Crippen molar-refractivity contribution in [3.05, 3.63) is 29.8 Å². The minimum Gasteiger partial charge on any atom is -0.383 e. The molecule has 7 heteroatoms. The monoisotopic (exact) mass is 246 g/mol. The van der Waals surface area contributed by atoms with Crippen LogP contribution in [0.5, 0.6) is 0 Å². The van der Waals surface area contributed by atoms with Gasteiger partial charge in [-0.1, -0.05) is 0 Å². The van der Waals surface area contributed by atoms with Crippen LogP contribution in [0.1, 0.15) is 16.1 Å². The molecule has 94 valence electrons. The Morgan fingerprint density at radius 1 is 1.39 bits per heavy atom. The zero-order chi connectivity index (χ0) is 13.3. The Morgan fingerprint density at radius 3 is 2.78 bits per heavy atom. The summed E-state index contributed by atoms with van der Waals surface area (Å²) in [4.78, 5) is 21.2. The number of nitrogens with two attached hydrogens (primary N) is 1. The number of carbonyl (C=O) groups excluding carboxylic acids is 1. The summed E-state index contributed by atoms with van der Waals surface area (Å²) in [7, 11) is 3.35.